The molecule has 1 aliphatic heterocycles. The minimum Gasteiger partial charge on any atom is -0.455 e. The first kappa shape index (κ1) is 27.4. The molecule has 3 aromatic rings. The molecule has 0 amide bonds. The van der Waals surface area contributed by atoms with E-state index in [1.54, 1.807) is 24.3 Å². The molecule has 2 aromatic carbocycles. The molecule has 38 heavy (non-hydrogen) atoms. The van der Waals surface area contributed by atoms with Crippen LogP contribution >= 0.6 is 0 Å². The number of H-pyrrole nitrogens is 1. The Morgan fingerprint density at radius 3 is 2.24 bits per heavy atom. The van der Waals surface area contributed by atoms with Crippen molar-refractivity contribution in [3.8, 4) is 0 Å². The summed E-state index contributed by atoms with van der Waals surface area (Å²) in [5, 5.41) is 0. The van der Waals surface area contributed by atoms with E-state index in [2.05, 4.69) is 4.98 Å². The number of halogens is 2. The molecule has 0 aliphatic carbocycles. The summed E-state index contributed by atoms with van der Waals surface area (Å²) < 4.78 is 52.8. The third-order valence-corrected chi connectivity index (χ3v) is 6.11. The quantitative estimate of drug-likeness (QED) is 0.379. The van der Waals surface area contributed by atoms with Crippen molar-refractivity contribution in [1.29, 1.82) is 0 Å². The monoisotopic (exact) mass is 530 g/mol. The van der Waals surface area contributed by atoms with Crippen molar-refractivity contribution in [3.05, 3.63) is 105 Å². The first-order valence-electron chi connectivity index (χ1n) is 12.0. The molecule has 0 saturated carbocycles. The van der Waals surface area contributed by atoms with Gasteiger partial charge in [0.2, 0.25) is 6.43 Å². The third kappa shape index (κ3) is 6.60. The van der Waals surface area contributed by atoms with E-state index >= 15 is 0 Å². The van der Waals surface area contributed by atoms with Crippen molar-refractivity contribution in [2.24, 2.45) is 0 Å². The molecule has 9 nitrogen and oxygen atoms in total. The van der Waals surface area contributed by atoms with E-state index in [-0.39, 0.29) is 19.8 Å². The highest BCUT2D eigenvalue weighted by Crippen LogP contribution is 2.44. The fraction of sp³-hybridized carbons (Fsp3) is 0.370. The zero-order valence-corrected chi connectivity index (χ0v) is 20.6. The van der Waals surface area contributed by atoms with Crippen LogP contribution in [0.3, 0.4) is 0 Å². The summed E-state index contributed by atoms with van der Waals surface area (Å²) in [6, 6.07) is 19.2. The number of aromatic nitrogens is 2. The molecule has 1 fully saturated rings. The smallest absolute Gasteiger partial charge is 0.330 e. The van der Waals surface area contributed by atoms with E-state index in [0.717, 1.165) is 34.9 Å². The summed E-state index contributed by atoms with van der Waals surface area (Å²) in [5.41, 5.74) is -1.77. The van der Waals surface area contributed by atoms with Crippen molar-refractivity contribution < 1.29 is 32.5 Å². The van der Waals surface area contributed by atoms with E-state index in [0.29, 0.717) is 0 Å². The Morgan fingerprint density at radius 2 is 1.66 bits per heavy atom. The molecular formula is C27H28F2N2O7. The summed E-state index contributed by atoms with van der Waals surface area (Å²) in [6.45, 7) is 0.893. The maximum Gasteiger partial charge on any atom is 0.330 e. The lowest BCUT2D eigenvalue weighted by atomic mass is 9.91. The Kier molecular flexibility index (Phi) is 8.82. The second kappa shape index (κ2) is 12.2. The van der Waals surface area contributed by atoms with Gasteiger partial charge in [-0.15, -0.1) is 0 Å². The zero-order valence-electron chi connectivity index (χ0n) is 20.6. The van der Waals surface area contributed by atoms with Crippen LogP contribution < -0.4 is 11.2 Å². The molecular weight excluding hydrogens is 502 g/mol. The molecule has 4 rings (SSSR count). The van der Waals surface area contributed by atoms with Gasteiger partial charge >= 0.3 is 11.7 Å². The lowest BCUT2D eigenvalue weighted by Gasteiger charge is -2.34. The summed E-state index contributed by atoms with van der Waals surface area (Å²) in [6.07, 6.45) is -6.45. The van der Waals surface area contributed by atoms with E-state index in [1.807, 2.05) is 36.4 Å². The number of rotatable bonds is 11. The van der Waals surface area contributed by atoms with Gasteiger partial charge < -0.3 is 18.9 Å². The number of ether oxygens (including phenoxy) is 4. The fourth-order valence-corrected chi connectivity index (χ4v) is 4.50. The molecule has 2 heterocycles. The van der Waals surface area contributed by atoms with Crippen LogP contribution in [0.4, 0.5) is 8.78 Å². The van der Waals surface area contributed by atoms with Crippen LogP contribution in [0.1, 0.15) is 30.7 Å². The molecule has 202 valence electrons. The van der Waals surface area contributed by atoms with Gasteiger partial charge in [-0.3, -0.25) is 19.1 Å². The van der Waals surface area contributed by atoms with E-state index < -0.39 is 54.1 Å². The Bertz CT molecular complexity index is 1320. The predicted molar refractivity (Wildman–Crippen MR) is 131 cm³/mol. The van der Waals surface area contributed by atoms with Crippen molar-refractivity contribution in [3.63, 3.8) is 0 Å². The number of nitrogens with zero attached hydrogens (tertiary/aromatic N) is 1. The zero-order chi connectivity index (χ0) is 27.1. The van der Waals surface area contributed by atoms with Gasteiger partial charge in [-0.25, -0.2) is 13.6 Å². The van der Waals surface area contributed by atoms with Crippen LogP contribution in [-0.2, 0) is 37.0 Å². The van der Waals surface area contributed by atoms with Crippen LogP contribution in [0.15, 0.2) is 82.5 Å². The van der Waals surface area contributed by atoms with Gasteiger partial charge in [-0.1, -0.05) is 60.7 Å². The molecule has 4 atom stereocenters. The summed E-state index contributed by atoms with van der Waals surface area (Å²) >= 11 is 0. The molecule has 1 aliphatic rings. The summed E-state index contributed by atoms with van der Waals surface area (Å²) in [5.74, 6) is -0.729. The average Bonchev–Trinajstić information content (AvgIpc) is 3.15. The van der Waals surface area contributed by atoms with E-state index in [9.17, 15) is 23.2 Å². The molecule has 0 bridgehead atoms. The summed E-state index contributed by atoms with van der Waals surface area (Å²) in [7, 11) is 0. The normalized spacial score (nSPS) is 23.0. The molecule has 1 saturated heterocycles. The van der Waals surface area contributed by atoms with Crippen LogP contribution in [0.25, 0.3) is 0 Å². The highest BCUT2D eigenvalue weighted by molar-refractivity contribution is 5.66. The number of carbonyl (C=O) groups excluding carboxylic acids is 1. The first-order chi connectivity index (χ1) is 18.3. The molecule has 4 unspecified atom stereocenters. The van der Waals surface area contributed by atoms with E-state index in [4.69, 9.17) is 18.9 Å². The number of esters is 1. The predicted octanol–water partition coefficient (Wildman–Crippen LogP) is 3.19. The van der Waals surface area contributed by atoms with Gasteiger partial charge in [0.1, 0.15) is 11.7 Å². The number of hydrogen-bond donors (Lipinski definition) is 1. The molecule has 0 spiro atoms. The Balaban J connectivity index is 1.73. The minimum absolute atomic E-state index is 0.0104. The van der Waals surface area contributed by atoms with Gasteiger partial charge in [0, 0.05) is 25.6 Å². The van der Waals surface area contributed by atoms with Gasteiger partial charge in [-0.2, -0.15) is 0 Å². The first-order valence-corrected chi connectivity index (χ1v) is 12.0. The van der Waals surface area contributed by atoms with Crippen molar-refractivity contribution in [2.45, 2.75) is 57.0 Å². The van der Waals surface area contributed by atoms with Crippen molar-refractivity contribution >= 4 is 5.97 Å². The lowest BCUT2D eigenvalue weighted by Crippen LogP contribution is -2.50. The summed E-state index contributed by atoms with van der Waals surface area (Å²) in [4.78, 5) is 38.5. The van der Waals surface area contributed by atoms with Crippen LogP contribution in [0.5, 0.6) is 0 Å². The topological polar surface area (TPSA) is 109 Å². The van der Waals surface area contributed by atoms with Gasteiger partial charge in [0.05, 0.1) is 19.8 Å². The second-order valence-corrected chi connectivity index (χ2v) is 8.96. The molecule has 11 heteroatoms. The van der Waals surface area contributed by atoms with Crippen LogP contribution in [-0.4, -0.2) is 46.4 Å². The minimum atomic E-state index is -2.85. The van der Waals surface area contributed by atoms with Gasteiger partial charge in [0.15, 0.2) is 12.3 Å². The molecule has 1 aromatic heterocycles. The Labute approximate surface area is 216 Å². The number of carbonyl (C=O) groups is 1. The van der Waals surface area contributed by atoms with Gasteiger partial charge in [0.25, 0.3) is 5.56 Å². The van der Waals surface area contributed by atoms with Gasteiger partial charge in [-0.05, 0) is 11.1 Å². The van der Waals surface area contributed by atoms with E-state index in [1.165, 1.54) is 0 Å². The van der Waals surface area contributed by atoms with Crippen LogP contribution in [0.2, 0.25) is 0 Å². The van der Waals surface area contributed by atoms with Crippen molar-refractivity contribution in [1.82, 2.24) is 9.55 Å². The number of hydrogen-bond acceptors (Lipinski definition) is 7. The number of nitrogens with one attached hydrogen (secondary N) is 1. The lowest BCUT2D eigenvalue weighted by molar-refractivity contribution is -0.175. The second-order valence-electron chi connectivity index (χ2n) is 8.96. The Morgan fingerprint density at radius 1 is 1.03 bits per heavy atom. The Hall–Kier alpha value is -3.67. The standard InChI is InChI=1S/C27H28F2N2O7/c1-18(32)37-23-24(36-16-20-10-6-3-7-11-20)27(14-21(28)29,17-35-15-19-8-4-2-5-9-19)38-25(23)31-13-12-22(33)30-26(31)34/h2-13,21,23-25H,14-17H2,1H3,(H,30,33,34). The molecule has 1 N–H and O–H groups in total. The largest absolute Gasteiger partial charge is 0.455 e. The maximum absolute atomic E-state index is 14.1. The number of alkyl halides is 2. The number of aromatic amines is 1. The number of benzene rings is 2. The third-order valence-electron chi connectivity index (χ3n) is 6.11. The SMILES string of the molecule is CC(=O)OC1C(n2ccc(=O)[nH]c2=O)OC(COCc2ccccc2)(CC(F)F)C1OCc1ccccc1. The van der Waals surface area contributed by atoms with Crippen LogP contribution in [0, 0.1) is 0 Å². The van der Waals surface area contributed by atoms with Crippen molar-refractivity contribution in [2.75, 3.05) is 6.61 Å². The average molecular weight is 531 g/mol. The highest BCUT2D eigenvalue weighted by atomic mass is 19.3. The highest BCUT2D eigenvalue weighted by Gasteiger charge is 2.60. The molecule has 0 radical (unpaired) electrons. The fourth-order valence-electron chi connectivity index (χ4n) is 4.50. The maximum atomic E-state index is 14.1.